The molecule has 0 unspecified atom stereocenters. The second-order valence-corrected chi connectivity index (χ2v) is 5.27. The van der Waals surface area contributed by atoms with E-state index in [-0.39, 0.29) is 0 Å². The van der Waals surface area contributed by atoms with Crippen molar-refractivity contribution in [1.29, 1.82) is 0 Å². The summed E-state index contributed by atoms with van der Waals surface area (Å²) < 4.78 is 0.858. The van der Waals surface area contributed by atoms with Gasteiger partial charge in [0.1, 0.15) is 16.2 Å². The van der Waals surface area contributed by atoms with Crippen molar-refractivity contribution in [1.82, 2.24) is 9.97 Å². The van der Waals surface area contributed by atoms with Crippen LogP contribution in [0.25, 0.3) is 0 Å². The Labute approximate surface area is 105 Å². The van der Waals surface area contributed by atoms with E-state index >= 15 is 0 Å². The van der Waals surface area contributed by atoms with Gasteiger partial charge in [0.2, 0.25) is 0 Å². The van der Waals surface area contributed by atoms with Crippen molar-refractivity contribution < 1.29 is 0 Å². The molecule has 4 heteroatoms. The van der Waals surface area contributed by atoms with Crippen LogP contribution in [0, 0.1) is 6.92 Å². The second-order valence-electron chi connectivity index (χ2n) is 4.46. The topological polar surface area (TPSA) is 37.8 Å². The fourth-order valence-electron chi connectivity index (χ4n) is 2.24. The first kappa shape index (κ1) is 11.8. The first-order valence-electron chi connectivity index (χ1n) is 6.02. The van der Waals surface area contributed by atoms with E-state index in [1.165, 1.54) is 38.5 Å². The van der Waals surface area contributed by atoms with Crippen LogP contribution in [0.15, 0.2) is 10.7 Å². The molecule has 1 aromatic heterocycles. The van der Waals surface area contributed by atoms with E-state index in [0.717, 1.165) is 16.2 Å². The number of hydrogen-bond acceptors (Lipinski definition) is 3. The van der Waals surface area contributed by atoms with E-state index in [0.29, 0.717) is 6.04 Å². The second kappa shape index (κ2) is 5.62. The summed E-state index contributed by atoms with van der Waals surface area (Å²) in [5.41, 5.74) is 0. The Bertz CT molecular complexity index is 326. The highest BCUT2D eigenvalue weighted by Crippen LogP contribution is 2.21. The molecule has 88 valence electrons. The molecule has 0 amide bonds. The van der Waals surface area contributed by atoms with Crippen LogP contribution in [0.4, 0.5) is 5.82 Å². The van der Waals surface area contributed by atoms with Gasteiger partial charge < -0.3 is 5.32 Å². The Morgan fingerprint density at radius 2 is 1.88 bits per heavy atom. The maximum Gasteiger partial charge on any atom is 0.131 e. The highest BCUT2D eigenvalue weighted by Gasteiger charge is 2.12. The highest BCUT2D eigenvalue weighted by molar-refractivity contribution is 9.10. The Kier molecular flexibility index (Phi) is 4.16. The van der Waals surface area contributed by atoms with Crippen LogP contribution < -0.4 is 5.32 Å². The molecule has 1 N–H and O–H groups in total. The van der Waals surface area contributed by atoms with E-state index in [2.05, 4.69) is 31.2 Å². The third kappa shape index (κ3) is 3.44. The van der Waals surface area contributed by atoms with Gasteiger partial charge in [-0.25, -0.2) is 9.97 Å². The maximum absolute atomic E-state index is 4.41. The van der Waals surface area contributed by atoms with Gasteiger partial charge in [-0.15, -0.1) is 0 Å². The highest BCUT2D eigenvalue weighted by atomic mass is 79.9. The number of nitrogens with one attached hydrogen (secondary N) is 1. The van der Waals surface area contributed by atoms with Crippen molar-refractivity contribution in [2.45, 2.75) is 51.5 Å². The average molecular weight is 284 g/mol. The van der Waals surface area contributed by atoms with Gasteiger partial charge in [0.25, 0.3) is 0 Å². The molecule has 0 aliphatic heterocycles. The van der Waals surface area contributed by atoms with Crippen LogP contribution in [-0.2, 0) is 0 Å². The zero-order chi connectivity index (χ0) is 11.4. The Morgan fingerprint density at radius 1 is 1.19 bits per heavy atom. The van der Waals surface area contributed by atoms with Gasteiger partial charge in [-0.05, 0) is 35.7 Å². The van der Waals surface area contributed by atoms with Crippen molar-refractivity contribution in [3.63, 3.8) is 0 Å². The molecule has 1 fully saturated rings. The summed E-state index contributed by atoms with van der Waals surface area (Å²) in [5, 5.41) is 3.52. The van der Waals surface area contributed by atoms with Crippen molar-refractivity contribution >= 4 is 21.7 Å². The molecule has 0 bridgehead atoms. The van der Waals surface area contributed by atoms with Gasteiger partial charge >= 0.3 is 0 Å². The van der Waals surface area contributed by atoms with Gasteiger partial charge in [0.15, 0.2) is 0 Å². The van der Waals surface area contributed by atoms with Crippen LogP contribution in [0.2, 0.25) is 0 Å². The number of anilines is 1. The SMILES string of the molecule is Cc1nc(Br)cc(NC2CCCCCC2)n1. The van der Waals surface area contributed by atoms with Crippen LogP contribution in [0.5, 0.6) is 0 Å². The molecule has 1 aliphatic rings. The largest absolute Gasteiger partial charge is 0.367 e. The standard InChI is InChI=1S/C12H18BrN3/c1-9-14-11(13)8-12(15-9)16-10-6-4-2-3-5-7-10/h8,10H,2-7H2,1H3,(H,14,15,16). The molecule has 2 rings (SSSR count). The normalized spacial score (nSPS) is 18.1. The summed E-state index contributed by atoms with van der Waals surface area (Å²) in [6.07, 6.45) is 7.96. The Hall–Kier alpha value is -0.640. The lowest BCUT2D eigenvalue weighted by atomic mass is 10.1. The number of nitrogens with zero attached hydrogens (tertiary/aromatic N) is 2. The van der Waals surface area contributed by atoms with E-state index < -0.39 is 0 Å². The monoisotopic (exact) mass is 283 g/mol. The lowest BCUT2D eigenvalue weighted by molar-refractivity contribution is 0.617. The quantitative estimate of drug-likeness (QED) is 0.665. The fourth-order valence-corrected chi connectivity index (χ4v) is 2.71. The Balaban J connectivity index is 2.01. The summed E-state index contributed by atoms with van der Waals surface area (Å²) in [6, 6.07) is 2.54. The molecule has 0 spiro atoms. The molecule has 0 radical (unpaired) electrons. The minimum absolute atomic E-state index is 0.587. The molecule has 1 aromatic rings. The number of aromatic nitrogens is 2. The minimum Gasteiger partial charge on any atom is -0.367 e. The van der Waals surface area contributed by atoms with Gasteiger partial charge in [-0.3, -0.25) is 0 Å². The molecule has 0 atom stereocenters. The van der Waals surface area contributed by atoms with Crippen LogP contribution in [0.3, 0.4) is 0 Å². The van der Waals surface area contributed by atoms with E-state index in [1.807, 2.05) is 13.0 Å². The molecular weight excluding hydrogens is 266 g/mol. The van der Waals surface area contributed by atoms with Crippen molar-refractivity contribution in [3.8, 4) is 0 Å². The van der Waals surface area contributed by atoms with Crippen LogP contribution >= 0.6 is 15.9 Å². The summed E-state index contributed by atoms with van der Waals surface area (Å²) in [7, 11) is 0. The van der Waals surface area contributed by atoms with Gasteiger partial charge in [-0.1, -0.05) is 25.7 Å². The minimum atomic E-state index is 0.587. The first-order chi connectivity index (χ1) is 7.74. The molecule has 1 heterocycles. The zero-order valence-electron chi connectivity index (χ0n) is 9.67. The van der Waals surface area contributed by atoms with Gasteiger partial charge in [-0.2, -0.15) is 0 Å². The molecule has 0 aromatic carbocycles. The fraction of sp³-hybridized carbons (Fsp3) is 0.667. The third-order valence-corrected chi connectivity index (χ3v) is 3.42. The summed E-state index contributed by atoms with van der Waals surface area (Å²) in [5.74, 6) is 1.76. The third-order valence-electron chi connectivity index (χ3n) is 3.01. The van der Waals surface area contributed by atoms with Crippen LogP contribution in [-0.4, -0.2) is 16.0 Å². The van der Waals surface area contributed by atoms with Crippen molar-refractivity contribution in [2.75, 3.05) is 5.32 Å². The average Bonchev–Trinajstić information content (AvgIpc) is 2.44. The number of halogens is 1. The predicted octanol–water partition coefficient (Wildman–Crippen LogP) is 3.68. The van der Waals surface area contributed by atoms with E-state index in [9.17, 15) is 0 Å². The summed E-state index contributed by atoms with van der Waals surface area (Å²) in [6.45, 7) is 1.92. The zero-order valence-corrected chi connectivity index (χ0v) is 11.3. The lowest BCUT2D eigenvalue weighted by Crippen LogP contribution is -2.19. The molecule has 1 saturated carbocycles. The molecule has 1 aliphatic carbocycles. The van der Waals surface area contributed by atoms with E-state index in [4.69, 9.17) is 0 Å². The van der Waals surface area contributed by atoms with Crippen LogP contribution in [0.1, 0.15) is 44.3 Å². The van der Waals surface area contributed by atoms with E-state index in [1.54, 1.807) is 0 Å². The first-order valence-corrected chi connectivity index (χ1v) is 6.81. The molecule has 0 saturated heterocycles. The molecule has 16 heavy (non-hydrogen) atoms. The maximum atomic E-state index is 4.41. The van der Waals surface area contributed by atoms with Crippen molar-refractivity contribution in [2.24, 2.45) is 0 Å². The Morgan fingerprint density at radius 3 is 2.50 bits per heavy atom. The summed E-state index contributed by atoms with van der Waals surface area (Å²) >= 11 is 3.40. The number of hydrogen-bond donors (Lipinski definition) is 1. The molecule has 3 nitrogen and oxygen atoms in total. The summed E-state index contributed by atoms with van der Waals surface area (Å²) in [4.78, 5) is 8.62. The van der Waals surface area contributed by atoms with Crippen molar-refractivity contribution in [3.05, 3.63) is 16.5 Å². The lowest BCUT2D eigenvalue weighted by Gasteiger charge is -2.17. The predicted molar refractivity (Wildman–Crippen MR) is 69.6 cm³/mol. The molecular formula is C12H18BrN3. The number of aryl methyl sites for hydroxylation is 1. The van der Waals surface area contributed by atoms with Gasteiger partial charge in [0, 0.05) is 12.1 Å². The smallest absolute Gasteiger partial charge is 0.131 e. The number of rotatable bonds is 2. The van der Waals surface area contributed by atoms with Gasteiger partial charge in [0.05, 0.1) is 0 Å².